The van der Waals surface area contributed by atoms with Crippen molar-refractivity contribution in [2.45, 2.75) is 25.7 Å². The van der Waals surface area contributed by atoms with E-state index in [2.05, 4.69) is 40.4 Å². The molecule has 153 valence electrons. The standard InChI is InChI=1S/C8H8.C7H13N.C5H4N.CH4N2O.Yb/c1-2-8-6-4-3-5-7-8;1-4-8-5-2-7(1)3-6-8;1-2-4-6-5-3-1;2-1(3)4;/h3-6H,1-2H2;7H,1-6H2;1-2,4-5H;(H4,2,3,4);/q-2;;-1;;+3. The van der Waals surface area contributed by atoms with Crippen molar-refractivity contribution in [1.29, 1.82) is 0 Å². The zero-order valence-electron chi connectivity index (χ0n) is 15.6. The van der Waals surface area contributed by atoms with Gasteiger partial charge in [-0.2, -0.15) is 48.4 Å². The fourth-order valence-electron chi connectivity index (χ4n) is 2.73. The van der Waals surface area contributed by atoms with Crippen LogP contribution < -0.4 is 11.5 Å². The van der Waals surface area contributed by atoms with Gasteiger partial charge in [0.05, 0.1) is 0 Å². The number of nitrogens with zero attached hydrogens (tertiary/aromatic N) is 2. The van der Waals surface area contributed by atoms with Gasteiger partial charge in [-0.3, -0.25) is 0 Å². The number of nitrogens with two attached hydrogens (primary N) is 2. The number of hydrogen-bond acceptors (Lipinski definition) is 3. The number of amides is 2. The Labute approximate surface area is 202 Å². The third kappa shape index (κ3) is 14.8. The Balaban J connectivity index is 0.000000341. The summed E-state index contributed by atoms with van der Waals surface area (Å²) in [6, 6.07) is 16.5. The monoisotopic (exact) mass is 527 g/mol. The zero-order chi connectivity index (χ0) is 19.0. The molecule has 1 radical (unpaired) electrons. The minimum atomic E-state index is -0.833. The van der Waals surface area contributed by atoms with Gasteiger partial charge in [0, 0.05) is 0 Å². The Morgan fingerprint density at radius 3 is 1.96 bits per heavy atom. The summed E-state index contributed by atoms with van der Waals surface area (Å²) in [7, 11) is 0. The number of primary amides is 2. The van der Waals surface area contributed by atoms with Gasteiger partial charge in [-0.25, -0.2) is 16.9 Å². The van der Waals surface area contributed by atoms with Crippen LogP contribution in [0.3, 0.4) is 0 Å². The van der Waals surface area contributed by atoms with Crippen LogP contribution in [0, 0.1) is 71.9 Å². The molecule has 1 aromatic carbocycles. The van der Waals surface area contributed by atoms with E-state index in [-0.39, 0.29) is 46.9 Å². The minimum Gasteiger partial charge on any atom is -0.352 e. The van der Waals surface area contributed by atoms with Crippen LogP contribution in [0.25, 0.3) is 0 Å². The first-order valence-electron chi connectivity index (χ1n) is 8.90. The molecule has 3 fully saturated rings. The molecule has 0 spiro atoms. The molecule has 27 heavy (non-hydrogen) atoms. The molecule has 2 bridgehead atoms. The molecule has 5 nitrogen and oxygen atoms in total. The fourth-order valence-corrected chi connectivity index (χ4v) is 2.73. The number of urea groups is 1. The van der Waals surface area contributed by atoms with Crippen LogP contribution in [0.15, 0.2) is 48.8 Å². The molecule has 3 aliphatic heterocycles. The fraction of sp³-hybridized carbons (Fsp3) is 0.381. The molecule has 4 heterocycles. The predicted molar refractivity (Wildman–Crippen MR) is 105 cm³/mol. The molecular weight excluding hydrogens is 497 g/mol. The van der Waals surface area contributed by atoms with E-state index in [9.17, 15) is 0 Å². The SMILES string of the molecule is C1CN2CCC1CC2.NC(N)=O.[CH2-]Cc1[c-]cccc1.[Yb+3].[c-]1cccnc1. The molecule has 2 amide bonds. The van der Waals surface area contributed by atoms with E-state index < -0.39 is 6.03 Å². The van der Waals surface area contributed by atoms with Crippen LogP contribution in [-0.2, 0) is 6.42 Å². The van der Waals surface area contributed by atoms with Crippen molar-refractivity contribution in [3.05, 3.63) is 73.4 Å². The number of piperidine rings is 3. The van der Waals surface area contributed by atoms with Crippen molar-refractivity contribution in [3.8, 4) is 0 Å². The Bertz CT molecular complexity index is 522. The molecular formula is C21H29N4OYb. The molecule has 5 rings (SSSR count). The molecule has 0 atom stereocenters. The number of carbonyl (C=O) groups is 1. The maximum absolute atomic E-state index is 9.00. The van der Waals surface area contributed by atoms with E-state index in [1.54, 1.807) is 12.4 Å². The Hall–Kier alpha value is -0.881. The zero-order valence-corrected chi connectivity index (χ0v) is 17.3. The first-order chi connectivity index (χ1) is 12.6. The van der Waals surface area contributed by atoms with Crippen LogP contribution in [-0.4, -0.2) is 35.5 Å². The largest absolute Gasteiger partial charge is 3.00 e. The molecule has 2 aromatic rings. The summed E-state index contributed by atoms with van der Waals surface area (Å²) in [5, 5.41) is 0. The first kappa shape index (κ1) is 26.1. The third-order valence-electron chi connectivity index (χ3n) is 4.12. The van der Waals surface area contributed by atoms with Gasteiger partial charge < -0.3 is 28.3 Å². The molecule has 1 aromatic heterocycles. The van der Waals surface area contributed by atoms with Gasteiger partial charge in [0.15, 0.2) is 0 Å². The van der Waals surface area contributed by atoms with Crippen molar-refractivity contribution in [1.82, 2.24) is 9.88 Å². The molecule has 0 saturated carbocycles. The molecule has 3 aliphatic rings. The summed E-state index contributed by atoms with van der Waals surface area (Å²) in [4.78, 5) is 15.3. The quantitative estimate of drug-likeness (QED) is 0.561. The molecule has 0 unspecified atom stereocenters. The van der Waals surface area contributed by atoms with Crippen molar-refractivity contribution in [2.24, 2.45) is 17.4 Å². The molecule has 0 aliphatic carbocycles. The predicted octanol–water partition coefficient (Wildman–Crippen LogP) is 2.87. The Morgan fingerprint density at radius 2 is 1.78 bits per heavy atom. The first-order valence-corrected chi connectivity index (χ1v) is 8.90. The summed E-state index contributed by atoms with van der Waals surface area (Å²) in [6.07, 6.45) is 8.64. The van der Waals surface area contributed by atoms with Gasteiger partial charge in [-0.15, -0.1) is 0 Å². The van der Waals surface area contributed by atoms with E-state index in [4.69, 9.17) is 4.79 Å². The summed E-state index contributed by atoms with van der Waals surface area (Å²) in [6.45, 7) is 7.91. The van der Waals surface area contributed by atoms with E-state index in [0.29, 0.717) is 0 Å². The number of fused-ring (bicyclic) bond motifs is 3. The van der Waals surface area contributed by atoms with Crippen molar-refractivity contribution in [2.75, 3.05) is 19.6 Å². The van der Waals surface area contributed by atoms with Crippen LogP contribution in [0.4, 0.5) is 4.79 Å². The maximum atomic E-state index is 9.00. The second-order valence-corrected chi connectivity index (χ2v) is 6.07. The van der Waals surface area contributed by atoms with Crippen LogP contribution in [0.2, 0.25) is 0 Å². The van der Waals surface area contributed by atoms with Crippen molar-refractivity contribution < 1.29 is 51.7 Å². The smallest absolute Gasteiger partial charge is 0.352 e. The number of pyridine rings is 1. The van der Waals surface area contributed by atoms with Crippen LogP contribution >= 0.6 is 0 Å². The van der Waals surface area contributed by atoms with Crippen molar-refractivity contribution >= 4 is 6.03 Å². The van der Waals surface area contributed by atoms with Gasteiger partial charge in [-0.1, -0.05) is 12.4 Å². The Morgan fingerprint density at radius 1 is 1.15 bits per heavy atom. The normalized spacial score (nSPS) is 18.7. The second-order valence-electron chi connectivity index (χ2n) is 6.07. The van der Waals surface area contributed by atoms with E-state index >= 15 is 0 Å². The average Bonchev–Trinajstić information content (AvgIpc) is 2.72. The molecule has 6 heteroatoms. The summed E-state index contributed by atoms with van der Waals surface area (Å²) >= 11 is 0. The van der Waals surface area contributed by atoms with Gasteiger partial charge in [-0.05, 0) is 44.8 Å². The number of aromatic nitrogens is 1. The number of carbonyl (C=O) groups excluding carboxylic acids is 1. The Kier molecular flexibility index (Phi) is 16.7. The third-order valence-corrected chi connectivity index (χ3v) is 4.12. The maximum Gasteiger partial charge on any atom is 3.00 e. The van der Waals surface area contributed by atoms with E-state index in [1.165, 1.54) is 44.5 Å². The molecule has 4 N–H and O–H groups in total. The summed E-state index contributed by atoms with van der Waals surface area (Å²) < 4.78 is 0. The van der Waals surface area contributed by atoms with Gasteiger partial charge in [0.1, 0.15) is 0 Å². The molecule has 3 saturated heterocycles. The van der Waals surface area contributed by atoms with Gasteiger partial charge >= 0.3 is 53.0 Å². The minimum absolute atomic E-state index is 0. The van der Waals surface area contributed by atoms with Crippen molar-refractivity contribution in [3.63, 3.8) is 0 Å². The number of benzene rings is 1. The number of hydrogen-bond donors (Lipinski definition) is 2. The average molecular weight is 527 g/mol. The van der Waals surface area contributed by atoms with Gasteiger partial charge in [0.25, 0.3) is 0 Å². The number of rotatable bonds is 1. The van der Waals surface area contributed by atoms with E-state index in [1.807, 2.05) is 36.4 Å². The van der Waals surface area contributed by atoms with Crippen LogP contribution in [0.1, 0.15) is 24.8 Å². The second kappa shape index (κ2) is 17.2. The van der Waals surface area contributed by atoms with E-state index in [0.717, 1.165) is 12.3 Å². The topological polar surface area (TPSA) is 85.2 Å². The summed E-state index contributed by atoms with van der Waals surface area (Å²) in [5.41, 5.74) is 9.67. The summed E-state index contributed by atoms with van der Waals surface area (Å²) in [5.74, 6) is 1.11. The van der Waals surface area contributed by atoms with Crippen LogP contribution in [0.5, 0.6) is 0 Å². The van der Waals surface area contributed by atoms with Gasteiger partial charge in [0.2, 0.25) is 0 Å².